The van der Waals surface area contributed by atoms with Crippen LogP contribution in [0.2, 0.25) is 0 Å². The fourth-order valence-electron chi connectivity index (χ4n) is 2.57. The Bertz CT molecular complexity index is 1040. The largest absolute Gasteiger partial charge is 0.490 e. The van der Waals surface area contributed by atoms with Gasteiger partial charge >= 0.3 is 5.97 Å². The Morgan fingerprint density at radius 1 is 0.903 bits per heavy atom. The first-order chi connectivity index (χ1) is 15.2. The Labute approximate surface area is 180 Å². The Hall–Kier alpha value is -4.13. The molecule has 0 saturated heterocycles. The van der Waals surface area contributed by atoms with Gasteiger partial charge in [-0.2, -0.15) is 5.10 Å². The summed E-state index contributed by atoms with van der Waals surface area (Å²) in [5.41, 5.74) is 3.50. The van der Waals surface area contributed by atoms with E-state index < -0.39 is 11.9 Å². The molecule has 3 aromatic carbocycles. The lowest BCUT2D eigenvalue weighted by Gasteiger charge is -2.11. The van der Waals surface area contributed by atoms with Crippen molar-refractivity contribution in [2.45, 2.75) is 6.92 Å². The first kappa shape index (κ1) is 21.6. The van der Waals surface area contributed by atoms with Crippen LogP contribution >= 0.6 is 0 Å². The topological polar surface area (TPSA) is 86.2 Å². The van der Waals surface area contributed by atoms with Crippen molar-refractivity contribution in [3.8, 4) is 17.2 Å². The predicted molar refractivity (Wildman–Crippen MR) is 117 cm³/mol. The molecule has 3 rings (SSSR count). The van der Waals surface area contributed by atoms with Crippen LogP contribution in [-0.4, -0.2) is 31.3 Å². The second-order valence-corrected chi connectivity index (χ2v) is 6.29. The lowest BCUT2D eigenvalue weighted by molar-refractivity contribution is -0.123. The normalized spacial score (nSPS) is 10.5. The van der Waals surface area contributed by atoms with Gasteiger partial charge in [-0.1, -0.05) is 36.4 Å². The lowest BCUT2D eigenvalue weighted by Crippen LogP contribution is -2.24. The van der Waals surface area contributed by atoms with E-state index in [0.29, 0.717) is 35.0 Å². The predicted octanol–water partition coefficient (Wildman–Crippen LogP) is 3.83. The van der Waals surface area contributed by atoms with E-state index in [2.05, 4.69) is 10.5 Å². The second-order valence-electron chi connectivity index (χ2n) is 6.29. The van der Waals surface area contributed by atoms with Gasteiger partial charge in [-0.25, -0.2) is 10.2 Å². The van der Waals surface area contributed by atoms with Crippen molar-refractivity contribution in [2.24, 2.45) is 5.10 Å². The highest BCUT2D eigenvalue weighted by Gasteiger charge is 2.13. The molecule has 0 unspecified atom stereocenters. The third-order valence-corrected chi connectivity index (χ3v) is 4.00. The number of hydrogen-bond acceptors (Lipinski definition) is 6. The molecule has 1 amide bonds. The second kappa shape index (κ2) is 11.2. The monoisotopic (exact) mass is 418 g/mol. The number of amides is 1. The minimum atomic E-state index is -0.478. The highest BCUT2D eigenvalue weighted by molar-refractivity contribution is 5.91. The summed E-state index contributed by atoms with van der Waals surface area (Å²) in [6.45, 7) is 2.07. The Balaban J connectivity index is 1.59. The summed E-state index contributed by atoms with van der Waals surface area (Å²) in [5.74, 6) is 0.429. The zero-order valence-corrected chi connectivity index (χ0v) is 17.0. The third-order valence-electron chi connectivity index (χ3n) is 4.00. The molecule has 0 aliphatic heterocycles. The molecule has 0 saturated carbocycles. The van der Waals surface area contributed by atoms with Gasteiger partial charge in [0.2, 0.25) is 0 Å². The number of benzene rings is 3. The summed E-state index contributed by atoms with van der Waals surface area (Å²) >= 11 is 0. The Morgan fingerprint density at radius 3 is 2.32 bits per heavy atom. The summed E-state index contributed by atoms with van der Waals surface area (Å²) in [7, 11) is 0. The maximum Gasteiger partial charge on any atom is 0.343 e. The Morgan fingerprint density at radius 2 is 1.61 bits per heavy atom. The highest BCUT2D eigenvalue weighted by Crippen LogP contribution is 2.29. The van der Waals surface area contributed by atoms with Crippen LogP contribution in [0.15, 0.2) is 84.0 Å². The van der Waals surface area contributed by atoms with Crippen molar-refractivity contribution < 1.29 is 23.8 Å². The number of carbonyl (C=O) groups is 2. The smallest absolute Gasteiger partial charge is 0.343 e. The molecule has 7 heteroatoms. The SMILES string of the molecule is CCOc1cc(/C=N/NC(=O)COc2ccccc2)ccc1OC(=O)c1ccccc1. The number of para-hydroxylation sites is 1. The van der Waals surface area contributed by atoms with Gasteiger partial charge in [0.1, 0.15) is 5.75 Å². The fraction of sp³-hybridized carbons (Fsp3) is 0.125. The molecule has 0 bridgehead atoms. The zero-order valence-electron chi connectivity index (χ0n) is 17.0. The number of rotatable bonds is 9. The van der Waals surface area contributed by atoms with Crippen LogP contribution in [0.3, 0.4) is 0 Å². The molecule has 31 heavy (non-hydrogen) atoms. The van der Waals surface area contributed by atoms with Crippen LogP contribution < -0.4 is 19.6 Å². The van der Waals surface area contributed by atoms with Gasteiger partial charge in [0.05, 0.1) is 18.4 Å². The molecule has 0 aliphatic carbocycles. The minimum absolute atomic E-state index is 0.153. The molecule has 3 aromatic rings. The van der Waals surface area contributed by atoms with Gasteiger partial charge in [-0.05, 0) is 55.0 Å². The number of nitrogens with one attached hydrogen (secondary N) is 1. The number of ether oxygens (including phenoxy) is 3. The molecule has 0 radical (unpaired) electrons. The van der Waals surface area contributed by atoms with Crippen LogP contribution in [0.25, 0.3) is 0 Å². The number of esters is 1. The van der Waals surface area contributed by atoms with Crippen LogP contribution in [0.1, 0.15) is 22.8 Å². The van der Waals surface area contributed by atoms with E-state index in [1.165, 1.54) is 6.21 Å². The van der Waals surface area contributed by atoms with Gasteiger partial charge in [-0.15, -0.1) is 0 Å². The average molecular weight is 418 g/mol. The number of carbonyl (C=O) groups excluding carboxylic acids is 2. The first-order valence-electron chi connectivity index (χ1n) is 9.69. The lowest BCUT2D eigenvalue weighted by atomic mass is 10.2. The molecule has 1 N–H and O–H groups in total. The van der Waals surface area contributed by atoms with Crippen LogP contribution in [-0.2, 0) is 4.79 Å². The van der Waals surface area contributed by atoms with Crippen molar-refractivity contribution in [2.75, 3.05) is 13.2 Å². The molecule has 7 nitrogen and oxygen atoms in total. The Kier molecular flexibility index (Phi) is 7.77. The third kappa shape index (κ3) is 6.71. The highest BCUT2D eigenvalue weighted by atomic mass is 16.6. The maximum absolute atomic E-state index is 12.3. The number of hydrazone groups is 1. The minimum Gasteiger partial charge on any atom is -0.490 e. The number of hydrogen-bond donors (Lipinski definition) is 1. The first-order valence-corrected chi connectivity index (χ1v) is 9.69. The van der Waals surface area contributed by atoms with Gasteiger partial charge in [0.25, 0.3) is 5.91 Å². The number of nitrogens with zero attached hydrogens (tertiary/aromatic N) is 1. The zero-order chi connectivity index (χ0) is 21.9. The van der Waals surface area contributed by atoms with Gasteiger partial charge < -0.3 is 14.2 Å². The average Bonchev–Trinajstić information content (AvgIpc) is 2.80. The summed E-state index contributed by atoms with van der Waals surface area (Å²) < 4.78 is 16.4. The van der Waals surface area contributed by atoms with Gasteiger partial charge in [0, 0.05) is 0 Å². The fourth-order valence-corrected chi connectivity index (χ4v) is 2.57. The maximum atomic E-state index is 12.3. The van der Waals surface area contributed by atoms with E-state index in [9.17, 15) is 9.59 Å². The van der Waals surface area contributed by atoms with Crippen molar-refractivity contribution in [1.82, 2.24) is 5.43 Å². The van der Waals surface area contributed by atoms with Crippen LogP contribution in [0, 0.1) is 0 Å². The molecule has 0 heterocycles. The van der Waals surface area contributed by atoms with Crippen molar-refractivity contribution in [3.05, 3.63) is 90.0 Å². The molecule has 0 atom stereocenters. The summed E-state index contributed by atoms with van der Waals surface area (Å²) in [5, 5.41) is 3.93. The van der Waals surface area contributed by atoms with E-state index >= 15 is 0 Å². The molecule has 0 aliphatic rings. The quantitative estimate of drug-likeness (QED) is 0.247. The van der Waals surface area contributed by atoms with Crippen molar-refractivity contribution >= 4 is 18.1 Å². The molecule has 0 fully saturated rings. The van der Waals surface area contributed by atoms with Crippen molar-refractivity contribution in [3.63, 3.8) is 0 Å². The van der Waals surface area contributed by atoms with Crippen LogP contribution in [0.4, 0.5) is 0 Å². The molecular formula is C24H22N2O5. The standard InChI is InChI=1S/C24H22N2O5/c1-2-29-22-15-18(13-14-21(22)31-24(28)19-9-5-3-6-10-19)16-25-26-23(27)17-30-20-11-7-4-8-12-20/h3-16H,2,17H2,1H3,(H,26,27)/b25-16+. The van der Waals surface area contributed by atoms with Crippen LogP contribution in [0.5, 0.6) is 17.2 Å². The molecule has 0 aromatic heterocycles. The van der Waals surface area contributed by atoms with Crippen molar-refractivity contribution in [1.29, 1.82) is 0 Å². The van der Waals surface area contributed by atoms with E-state index in [4.69, 9.17) is 14.2 Å². The van der Waals surface area contributed by atoms with E-state index in [0.717, 1.165) is 0 Å². The summed E-state index contributed by atoms with van der Waals surface area (Å²) in [4.78, 5) is 24.2. The van der Waals surface area contributed by atoms with E-state index in [1.54, 1.807) is 54.6 Å². The molecule has 158 valence electrons. The van der Waals surface area contributed by atoms with E-state index in [1.807, 2.05) is 31.2 Å². The van der Waals surface area contributed by atoms with Gasteiger partial charge in [-0.3, -0.25) is 4.79 Å². The van der Waals surface area contributed by atoms with E-state index in [-0.39, 0.29) is 6.61 Å². The molecule has 0 spiro atoms. The summed E-state index contributed by atoms with van der Waals surface area (Å²) in [6.07, 6.45) is 1.46. The van der Waals surface area contributed by atoms with Gasteiger partial charge in [0.15, 0.2) is 18.1 Å². The molecular weight excluding hydrogens is 396 g/mol. The summed E-state index contributed by atoms with van der Waals surface area (Å²) in [6, 6.07) is 22.7.